The third kappa shape index (κ3) is 2.70. The first kappa shape index (κ1) is 16.1. The summed E-state index contributed by atoms with van der Waals surface area (Å²) in [4.78, 5) is 18.7. The predicted molar refractivity (Wildman–Crippen MR) is 100.0 cm³/mol. The van der Waals surface area contributed by atoms with E-state index >= 15 is 0 Å². The topological polar surface area (TPSA) is 53.4 Å². The van der Waals surface area contributed by atoms with E-state index in [-0.39, 0.29) is 5.56 Å². The van der Waals surface area contributed by atoms with E-state index in [1.807, 2.05) is 28.1 Å². The van der Waals surface area contributed by atoms with Crippen molar-refractivity contribution in [3.8, 4) is 22.6 Å². The maximum Gasteiger partial charge on any atom is 0.262 e. The second kappa shape index (κ2) is 6.52. The van der Waals surface area contributed by atoms with Crippen LogP contribution in [0.5, 0.6) is 11.5 Å². The van der Waals surface area contributed by atoms with Crippen molar-refractivity contribution in [2.24, 2.45) is 0 Å². The number of fused-ring (bicyclic) bond motifs is 2. The minimum Gasteiger partial charge on any atom is -0.493 e. The van der Waals surface area contributed by atoms with Gasteiger partial charge in [-0.3, -0.25) is 9.36 Å². The summed E-state index contributed by atoms with van der Waals surface area (Å²) in [6.07, 6.45) is 4.18. The van der Waals surface area contributed by atoms with Gasteiger partial charge in [0.25, 0.3) is 5.56 Å². The van der Waals surface area contributed by atoms with Crippen LogP contribution in [0.3, 0.4) is 0 Å². The highest BCUT2D eigenvalue weighted by Crippen LogP contribution is 2.36. The quantitative estimate of drug-likeness (QED) is 0.715. The van der Waals surface area contributed by atoms with E-state index in [0.29, 0.717) is 16.9 Å². The molecular formula is C19H20N2O3S. The van der Waals surface area contributed by atoms with Gasteiger partial charge in [-0.05, 0) is 30.5 Å². The predicted octanol–water partition coefficient (Wildman–Crippen LogP) is 3.87. The summed E-state index contributed by atoms with van der Waals surface area (Å²) in [5.41, 5.74) is 1.93. The molecule has 0 N–H and O–H groups in total. The largest absolute Gasteiger partial charge is 0.493 e. The minimum absolute atomic E-state index is 0.0768. The lowest BCUT2D eigenvalue weighted by molar-refractivity contribution is 0.355. The van der Waals surface area contributed by atoms with Gasteiger partial charge in [0, 0.05) is 23.9 Å². The SMILES string of the molecule is COc1ccc(-c2csc3nc4n(c(=O)c23)CCCCC4)cc1OC. The van der Waals surface area contributed by atoms with Gasteiger partial charge in [-0.25, -0.2) is 4.98 Å². The van der Waals surface area contributed by atoms with E-state index in [9.17, 15) is 4.79 Å². The summed E-state index contributed by atoms with van der Waals surface area (Å²) in [6, 6.07) is 5.74. The number of benzene rings is 1. The molecule has 0 saturated heterocycles. The lowest BCUT2D eigenvalue weighted by atomic mass is 10.1. The monoisotopic (exact) mass is 356 g/mol. The van der Waals surface area contributed by atoms with Crippen LogP contribution in [-0.4, -0.2) is 23.8 Å². The average molecular weight is 356 g/mol. The highest BCUT2D eigenvalue weighted by molar-refractivity contribution is 7.17. The summed E-state index contributed by atoms with van der Waals surface area (Å²) >= 11 is 1.53. The number of thiophene rings is 1. The Bertz CT molecular complexity index is 990. The molecule has 0 unspecified atom stereocenters. The van der Waals surface area contributed by atoms with Crippen LogP contribution in [0.4, 0.5) is 0 Å². The van der Waals surface area contributed by atoms with Crippen LogP contribution in [0.25, 0.3) is 21.3 Å². The van der Waals surface area contributed by atoms with Gasteiger partial charge in [-0.2, -0.15) is 0 Å². The van der Waals surface area contributed by atoms with Gasteiger partial charge in [0.2, 0.25) is 0 Å². The molecule has 0 atom stereocenters. The van der Waals surface area contributed by atoms with Crippen LogP contribution in [0.2, 0.25) is 0 Å². The Morgan fingerprint density at radius 2 is 1.96 bits per heavy atom. The number of ether oxygens (including phenoxy) is 2. The molecule has 4 rings (SSSR count). The number of rotatable bonds is 3. The summed E-state index contributed by atoms with van der Waals surface area (Å²) in [7, 11) is 3.23. The van der Waals surface area contributed by atoms with Crippen LogP contribution in [0.1, 0.15) is 25.1 Å². The summed E-state index contributed by atoms with van der Waals surface area (Å²) in [5, 5.41) is 2.73. The maximum absolute atomic E-state index is 13.1. The fourth-order valence-electron chi connectivity index (χ4n) is 3.43. The van der Waals surface area contributed by atoms with E-state index in [0.717, 1.165) is 54.0 Å². The number of aryl methyl sites for hydroxylation is 1. The molecule has 0 spiro atoms. The normalized spacial score (nSPS) is 14.2. The fourth-order valence-corrected chi connectivity index (χ4v) is 4.39. The number of nitrogens with zero attached hydrogens (tertiary/aromatic N) is 2. The van der Waals surface area contributed by atoms with Crippen LogP contribution in [-0.2, 0) is 13.0 Å². The molecule has 0 aliphatic carbocycles. The number of methoxy groups -OCH3 is 2. The smallest absolute Gasteiger partial charge is 0.262 e. The molecule has 0 fully saturated rings. The first-order valence-electron chi connectivity index (χ1n) is 8.46. The molecule has 0 amide bonds. The zero-order chi connectivity index (χ0) is 17.4. The zero-order valence-electron chi connectivity index (χ0n) is 14.4. The lowest BCUT2D eigenvalue weighted by Gasteiger charge is -2.11. The van der Waals surface area contributed by atoms with E-state index in [1.165, 1.54) is 11.3 Å². The Morgan fingerprint density at radius 1 is 1.12 bits per heavy atom. The van der Waals surface area contributed by atoms with Gasteiger partial charge in [0.15, 0.2) is 11.5 Å². The molecular weight excluding hydrogens is 336 g/mol. The van der Waals surface area contributed by atoms with E-state index in [4.69, 9.17) is 14.5 Å². The Balaban J connectivity index is 1.92. The molecule has 2 aromatic heterocycles. The van der Waals surface area contributed by atoms with Gasteiger partial charge in [-0.1, -0.05) is 12.5 Å². The first-order valence-corrected chi connectivity index (χ1v) is 9.34. The Labute approximate surface area is 149 Å². The van der Waals surface area contributed by atoms with Crippen molar-refractivity contribution in [2.45, 2.75) is 32.2 Å². The van der Waals surface area contributed by atoms with E-state index in [1.54, 1.807) is 14.2 Å². The Kier molecular flexibility index (Phi) is 4.21. The number of aromatic nitrogens is 2. The highest BCUT2D eigenvalue weighted by Gasteiger charge is 2.19. The van der Waals surface area contributed by atoms with Crippen molar-refractivity contribution in [3.05, 3.63) is 39.8 Å². The fraction of sp³-hybridized carbons (Fsp3) is 0.368. The molecule has 1 aromatic carbocycles. The van der Waals surface area contributed by atoms with Gasteiger partial charge >= 0.3 is 0 Å². The molecule has 0 radical (unpaired) electrons. The van der Waals surface area contributed by atoms with Crippen LogP contribution in [0, 0.1) is 0 Å². The van der Waals surface area contributed by atoms with Crippen LogP contribution >= 0.6 is 11.3 Å². The summed E-state index contributed by atoms with van der Waals surface area (Å²) < 4.78 is 12.6. The highest BCUT2D eigenvalue weighted by atomic mass is 32.1. The third-order valence-electron chi connectivity index (χ3n) is 4.75. The van der Waals surface area contributed by atoms with Crippen molar-refractivity contribution in [1.82, 2.24) is 9.55 Å². The van der Waals surface area contributed by atoms with E-state index in [2.05, 4.69) is 0 Å². The molecule has 6 heteroatoms. The second-order valence-electron chi connectivity index (χ2n) is 6.19. The van der Waals surface area contributed by atoms with Crippen molar-refractivity contribution >= 4 is 21.6 Å². The molecule has 25 heavy (non-hydrogen) atoms. The molecule has 3 aromatic rings. The van der Waals surface area contributed by atoms with Crippen molar-refractivity contribution in [1.29, 1.82) is 0 Å². The number of hydrogen-bond donors (Lipinski definition) is 0. The van der Waals surface area contributed by atoms with Crippen molar-refractivity contribution in [3.63, 3.8) is 0 Å². The third-order valence-corrected chi connectivity index (χ3v) is 5.62. The molecule has 0 saturated carbocycles. The maximum atomic E-state index is 13.1. The molecule has 130 valence electrons. The summed E-state index contributed by atoms with van der Waals surface area (Å²) in [6.45, 7) is 0.762. The van der Waals surface area contributed by atoms with Gasteiger partial charge < -0.3 is 9.47 Å². The lowest BCUT2D eigenvalue weighted by Crippen LogP contribution is -2.24. The first-order chi connectivity index (χ1) is 12.2. The van der Waals surface area contributed by atoms with Crippen molar-refractivity contribution < 1.29 is 9.47 Å². The van der Waals surface area contributed by atoms with E-state index < -0.39 is 0 Å². The van der Waals surface area contributed by atoms with Crippen molar-refractivity contribution in [2.75, 3.05) is 14.2 Å². The van der Waals surface area contributed by atoms with Crippen LogP contribution in [0.15, 0.2) is 28.4 Å². The second-order valence-corrected chi connectivity index (χ2v) is 7.05. The molecule has 0 bridgehead atoms. The standard InChI is InChI=1S/C19H20N2O3S/c1-23-14-8-7-12(10-15(14)24-2)13-11-25-18-17(13)19(22)21-9-5-3-4-6-16(21)20-18/h7-8,10-11H,3-6,9H2,1-2H3. The molecule has 5 nitrogen and oxygen atoms in total. The Hall–Kier alpha value is -2.34. The number of hydrogen-bond acceptors (Lipinski definition) is 5. The molecule has 3 heterocycles. The average Bonchev–Trinajstić information content (AvgIpc) is 2.92. The zero-order valence-corrected chi connectivity index (χ0v) is 15.2. The Morgan fingerprint density at radius 3 is 2.76 bits per heavy atom. The minimum atomic E-state index is 0.0768. The molecule has 1 aliphatic heterocycles. The van der Waals surface area contributed by atoms with Gasteiger partial charge in [-0.15, -0.1) is 11.3 Å². The van der Waals surface area contributed by atoms with Crippen LogP contribution < -0.4 is 15.0 Å². The molecule has 1 aliphatic rings. The van der Waals surface area contributed by atoms with Gasteiger partial charge in [0.05, 0.1) is 19.6 Å². The summed E-state index contributed by atoms with van der Waals surface area (Å²) in [5.74, 6) is 2.26. The van der Waals surface area contributed by atoms with Gasteiger partial charge in [0.1, 0.15) is 10.7 Å².